The van der Waals surface area contributed by atoms with Gasteiger partial charge in [-0.2, -0.15) is 4.98 Å². The smallest absolute Gasteiger partial charge is 0.344 e. The lowest BCUT2D eigenvalue weighted by molar-refractivity contribution is -0.116. The van der Waals surface area contributed by atoms with Crippen molar-refractivity contribution in [2.24, 2.45) is 0 Å². The number of rotatable bonds is 9. The van der Waals surface area contributed by atoms with Gasteiger partial charge >= 0.3 is 5.97 Å². The monoisotopic (exact) mass is 441 g/mol. The number of methoxy groups -OCH3 is 1. The number of ketones is 1. The number of nitrogens with one attached hydrogen (secondary N) is 1. The zero-order valence-corrected chi connectivity index (χ0v) is 18.2. The zero-order chi connectivity index (χ0) is 23.3. The molecule has 168 valence electrons. The van der Waals surface area contributed by atoms with E-state index in [9.17, 15) is 14.4 Å². The third kappa shape index (κ3) is 5.02. The molecule has 2 aromatic heterocycles. The molecule has 2 heterocycles. The van der Waals surface area contributed by atoms with E-state index in [0.717, 1.165) is 5.56 Å². The Balaban J connectivity index is 1.68. The Morgan fingerprint density at radius 1 is 1.12 bits per heavy atom. The van der Waals surface area contributed by atoms with Crippen LogP contribution in [0.5, 0.6) is 5.75 Å². The second-order valence-electron chi connectivity index (χ2n) is 6.80. The average Bonchev–Trinajstić information content (AvgIpc) is 3.36. The Kier molecular flexibility index (Phi) is 7.04. The molecule has 0 aliphatic rings. The van der Waals surface area contributed by atoms with Crippen LogP contribution in [0, 0.1) is 6.92 Å². The van der Waals surface area contributed by atoms with Gasteiger partial charge in [0.05, 0.1) is 19.3 Å². The maximum absolute atomic E-state index is 12.4. The largest absolute Gasteiger partial charge is 0.497 e. The topological polar surface area (TPSA) is 134 Å². The molecule has 0 spiro atoms. The molecule has 0 aliphatic heterocycles. The van der Waals surface area contributed by atoms with Crippen LogP contribution < -0.4 is 10.1 Å². The van der Waals surface area contributed by atoms with E-state index in [1.807, 2.05) is 0 Å². The van der Waals surface area contributed by atoms with Crippen molar-refractivity contribution in [3.05, 3.63) is 47.0 Å². The summed E-state index contributed by atoms with van der Waals surface area (Å²) in [7, 11) is 1.58. The van der Waals surface area contributed by atoms with E-state index in [1.165, 1.54) is 13.8 Å². The van der Waals surface area contributed by atoms with Crippen molar-refractivity contribution in [1.29, 1.82) is 0 Å². The van der Waals surface area contributed by atoms with Gasteiger partial charge in [-0.1, -0.05) is 5.16 Å². The van der Waals surface area contributed by atoms with Crippen molar-refractivity contribution in [2.45, 2.75) is 33.6 Å². The summed E-state index contributed by atoms with van der Waals surface area (Å²) in [6.45, 7) is 4.60. The molecule has 0 unspecified atom stereocenters. The number of aromatic nitrogens is 2. The van der Waals surface area contributed by atoms with Crippen molar-refractivity contribution in [1.82, 2.24) is 10.1 Å². The summed E-state index contributed by atoms with van der Waals surface area (Å²) in [5, 5.41) is 6.45. The van der Waals surface area contributed by atoms with Crippen molar-refractivity contribution in [3.8, 4) is 17.1 Å². The van der Waals surface area contributed by atoms with Crippen molar-refractivity contribution in [2.75, 3.05) is 19.0 Å². The van der Waals surface area contributed by atoms with Gasteiger partial charge in [0.2, 0.25) is 23.5 Å². The highest BCUT2D eigenvalue weighted by molar-refractivity contribution is 6.10. The first kappa shape index (κ1) is 22.7. The number of carbonyl (C=O) groups is 3. The number of carbonyl (C=O) groups excluding carboxylic acids is 3. The molecule has 0 saturated carbocycles. The predicted octanol–water partition coefficient (Wildman–Crippen LogP) is 3.60. The number of hydrogen-bond acceptors (Lipinski definition) is 9. The summed E-state index contributed by atoms with van der Waals surface area (Å²) < 4.78 is 20.8. The number of ether oxygens (including phenoxy) is 2. The number of esters is 1. The van der Waals surface area contributed by atoms with Crippen LogP contribution in [-0.2, 0) is 16.0 Å². The summed E-state index contributed by atoms with van der Waals surface area (Å²) in [6.07, 6.45) is 0.157. The van der Waals surface area contributed by atoms with E-state index in [0.29, 0.717) is 11.6 Å². The van der Waals surface area contributed by atoms with Gasteiger partial charge in [0, 0.05) is 18.4 Å². The Bertz CT molecular complexity index is 1130. The van der Waals surface area contributed by atoms with E-state index in [1.54, 1.807) is 38.3 Å². The minimum absolute atomic E-state index is 0.0122. The van der Waals surface area contributed by atoms with Gasteiger partial charge in [0.25, 0.3) is 0 Å². The molecule has 10 nitrogen and oxygen atoms in total. The molecule has 0 saturated heterocycles. The van der Waals surface area contributed by atoms with Gasteiger partial charge in [-0.3, -0.25) is 14.9 Å². The van der Waals surface area contributed by atoms with Gasteiger partial charge < -0.3 is 18.4 Å². The second kappa shape index (κ2) is 9.90. The van der Waals surface area contributed by atoms with Crippen molar-refractivity contribution >= 4 is 23.5 Å². The van der Waals surface area contributed by atoms with Crippen LogP contribution >= 0.6 is 0 Å². The van der Waals surface area contributed by atoms with Gasteiger partial charge in [0.1, 0.15) is 17.1 Å². The van der Waals surface area contributed by atoms with E-state index in [-0.39, 0.29) is 53.9 Å². The van der Waals surface area contributed by atoms with Gasteiger partial charge in [-0.05, 0) is 45.0 Å². The third-order valence-corrected chi connectivity index (χ3v) is 4.55. The normalized spacial score (nSPS) is 10.6. The summed E-state index contributed by atoms with van der Waals surface area (Å²) in [6, 6.07) is 7.15. The number of amides is 1. The molecule has 0 bridgehead atoms. The van der Waals surface area contributed by atoms with Crippen LogP contribution in [0.3, 0.4) is 0 Å². The number of benzene rings is 1. The number of hydrogen-bond donors (Lipinski definition) is 1. The first-order valence-corrected chi connectivity index (χ1v) is 9.92. The maximum Gasteiger partial charge on any atom is 0.344 e. The Morgan fingerprint density at radius 2 is 1.84 bits per heavy atom. The summed E-state index contributed by atoms with van der Waals surface area (Å²) in [5.41, 5.74) is 0.733. The lowest BCUT2D eigenvalue weighted by atomic mass is 10.1. The van der Waals surface area contributed by atoms with Crippen molar-refractivity contribution in [3.63, 3.8) is 0 Å². The molecule has 1 N–H and O–H groups in total. The molecule has 10 heteroatoms. The summed E-state index contributed by atoms with van der Waals surface area (Å²) >= 11 is 0. The number of aryl methyl sites for hydroxylation is 2. The van der Waals surface area contributed by atoms with Crippen LogP contribution in [0.15, 0.2) is 33.2 Å². The Morgan fingerprint density at radius 3 is 2.47 bits per heavy atom. The lowest BCUT2D eigenvalue weighted by Gasteiger charge is -2.05. The fourth-order valence-corrected chi connectivity index (χ4v) is 3.08. The summed E-state index contributed by atoms with van der Waals surface area (Å²) in [5.74, 6) is -0.104. The van der Waals surface area contributed by atoms with Crippen LogP contribution in [0.2, 0.25) is 0 Å². The minimum atomic E-state index is -0.745. The summed E-state index contributed by atoms with van der Waals surface area (Å²) in [4.78, 5) is 41.0. The molecule has 0 aliphatic carbocycles. The van der Waals surface area contributed by atoms with Crippen molar-refractivity contribution < 1.29 is 32.8 Å². The third-order valence-electron chi connectivity index (χ3n) is 4.55. The highest BCUT2D eigenvalue weighted by Gasteiger charge is 2.28. The molecular formula is C22H23N3O7. The zero-order valence-electron chi connectivity index (χ0n) is 18.2. The van der Waals surface area contributed by atoms with E-state index in [4.69, 9.17) is 18.4 Å². The lowest BCUT2D eigenvalue weighted by Crippen LogP contribution is -2.16. The molecule has 1 aromatic carbocycles. The molecule has 3 aromatic rings. The molecule has 3 rings (SSSR count). The van der Waals surface area contributed by atoms with Gasteiger partial charge in [0.15, 0.2) is 5.78 Å². The number of furan rings is 1. The fourth-order valence-electron chi connectivity index (χ4n) is 3.08. The van der Waals surface area contributed by atoms with Gasteiger partial charge in [-0.15, -0.1) is 0 Å². The average molecular weight is 441 g/mol. The highest BCUT2D eigenvalue weighted by atomic mass is 16.5. The van der Waals surface area contributed by atoms with Crippen LogP contribution in [0.4, 0.5) is 5.88 Å². The molecule has 0 radical (unpaired) electrons. The molecule has 0 atom stereocenters. The van der Waals surface area contributed by atoms with E-state index < -0.39 is 11.9 Å². The van der Waals surface area contributed by atoms with Crippen LogP contribution in [-0.4, -0.2) is 41.5 Å². The van der Waals surface area contributed by atoms with Gasteiger partial charge in [-0.25, -0.2) is 4.79 Å². The Hall–Kier alpha value is -3.95. The standard InChI is InChI=1S/C22H23N3O7/c1-5-30-22(28)19-18(12(2)26)13(3)31-21(19)23-16(27)10-11-17-24-20(25-32-17)14-6-8-15(29-4)9-7-14/h6-9H,5,10-11H2,1-4H3,(H,23,27). The number of anilines is 1. The first-order valence-electron chi connectivity index (χ1n) is 9.92. The van der Waals surface area contributed by atoms with Crippen LogP contribution in [0.25, 0.3) is 11.4 Å². The molecule has 1 amide bonds. The van der Waals surface area contributed by atoms with E-state index >= 15 is 0 Å². The molecular weight excluding hydrogens is 418 g/mol. The minimum Gasteiger partial charge on any atom is -0.497 e. The molecule has 0 fully saturated rings. The first-order chi connectivity index (χ1) is 15.3. The second-order valence-corrected chi connectivity index (χ2v) is 6.80. The highest BCUT2D eigenvalue weighted by Crippen LogP contribution is 2.29. The SMILES string of the molecule is CCOC(=O)c1c(NC(=O)CCc2nc(-c3ccc(OC)cc3)no2)oc(C)c1C(C)=O. The fraction of sp³-hybridized carbons (Fsp3) is 0.318. The van der Waals surface area contributed by atoms with Crippen LogP contribution in [0.1, 0.15) is 52.6 Å². The molecule has 32 heavy (non-hydrogen) atoms. The Labute approximate surface area is 183 Å². The van der Waals surface area contributed by atoms with E-state index in [2.05, 4.69) is 15.5 Å². The predicted molar refractivity (Wildman–Crippen MR) is 113 cm³/mol. The maximum atomic E-state index is 12.4. The quantitative estimate of drug-likeness (QED) is 0.390. The number of nitrogens with zero attached hydrogens (tertiary/aromatic N) is 2. The number of Topliss-reactive ketones (excluding diaryl/α,β-unsaturated/α-hetero) is 1.